The Hall–Kier alpha value is -3.55. The molecule has 5 rings (SSSR count). The van der Waals surface area contributed by atoms with E-state index in [-0.39, 0.29) is 5.92 Å². The summed E-state index contributed by atoms with van der Waals surface area (Å²) in [5.74, 6) is 1.87. The van der Waals surface area contributed by atoms with Crippen molar-refractivity contribution in [2.45, 2.75) is 45.3 Å². The highest BCUT2D eigenvalue weighted by atomic mass is 32.2. The SMILES string of the molecule is Cc1cccc(C(CSc2nnc(C(C)c3ccc(CC(C)C)cc3)o2)=Nc2nc(-c3ccccc3)cs2)c1. The van der Waals surface area contributed by atoms with Gasteiger partial charge >= 0.3 is 0 Å². The quantitative estimate of drug-likeness (QED) is 0.128. The molecule has 0 N–H and O–H groups in total. The van der Waals surface area contributed by atoms with Crippen molar-refractivity contribution in [3.63, 3.8) is 0 Å². The van der Waals surface area contributed by atoms with Crippen LogP contribution >= 0.6 is 23.1 Å². The Morgan fingerprint density at radius 3 is 2.49 bits per heavy atom. The zero-order valence-corrected chi connectivity index (χ0v) is 24.3. The summed E-state index contributed by atoms with van der Waals surface area (Å²) in [4.78, 5) is 9.74. The minimum atomic E-state index is 0.0246. The van der Waals surface area contributed by atoms with E-state index in [0.717, 1.165) is 34.1 Å². The molecule has 0 saturated carbocycles. The van der Waals surface area contributed by atoms with Crippen LogP contribution in [-0.2, 0) is 6.42 Å². The van der Waals surface area contributed by atoms with Crippen LogP contribution in [0.2, 0.25) is 0 Å². The van der Waals surface area contributed by atoms with Crippen LogP contribution in [0.1, 0.15) is 54.8 Å². The highest BCUT2D eigenvalue weighted by molar-refractivity contribution is 7.99. The van der Waals surface area contributed by atoms with Gasteiger partial charge in [-0.2, -0.15) is 0 Å². The monoisotopic (exact) mass is 552 g/mol. The molecule has 0 bridgehead atoms. The zero-order valence-electron chi connectivity index (χ0n) is 22.7. The maximum atomic E-state index is 6.09. The van der Waals surface area contributed by atoms with Crippen LogP contribution in [0.5, 0.6) is 0 Å². The maximum Gasteiger partial charge on any atom is 0.276 e. The summed E-state index contributed by atoms with van der Waals surface area (Å²) in [7, 11) is 0. The topological polar surface area (TPSA) is 64.2 Å². The van der Waals surface area contributed by atoms with E-state index in [1.807, 2.05) is 18.2 Å². The van der Waals surface area contributed by atoms with E-state index in [4.69, 9.17) is 14.4 Å². The van der Waals surface area contributed by atoms with Gasteiger partial charge in [0.05, 0.1) is 17.3 Å². The Labute approximate surface area is 238 Å². The van der Waals surface area contributed by atoms with Crippen LogP contribution < -0.4 is 0 Å². The third-order valence-electron chi connectivity index (χ3n) is 6.39. The summed E-state index contributed by atoms with van der Waals surface area (Å²) in [6, 6.07) is 27.3. The lowest BCUT2D eigenvalue weighted by molar-refractivity contribution is 0.404. The minimum absolute atomic E-state index is 0.0246. The van der Waals surface area contributed by atoms with Gasteiger partial charge in [0.1, 0.15) is 0 Å². The molecule has 3 aromatic carbocycles. The van der Waals surface area contributed by atoms with Crippen LogP contribution in [0, 0.1) is 12.8 Å². The minimum Gasteiger partial charge on any atom is -0.415 e. The molecule has 198 valence electrons. The molecular formula is C32H32N4OS2. The van der Waals surface area contributed by atoms with Crippen LogP contribution in [-0.4, -0.2) is 26.6 Å². The molecule has 5 nitrogen and oxygen atoms in total. The van der Waals surface area contributed by atoms with E-state index in [1.54, 1.807) is 11.3 Å². The number of thiazole rings is 1. The molecular weight excluding hydrogens is 521 g/mol. The summed E-state index contributed by atoms with van der Waals surface area (Å²) in [5, 5.41) is 12.0. The van der Waals surface area contributed by atoms with Gasteiger partial charge in [-0.15, -0.1) is 21.5 Å². The lowest BCUT2D eigenvalue weighted by Crippen LogP contribution is -2.04. The molecule has 0 saturated heterocycles. The molecule has 0 radical (unpaired) electrons. The summed E-state index contributed by atoms with van der Waals surface area (Å²) < 4.78 is 6.09. The van der Waals surface area contributed by atoms with Crippen LogP contribution in [0.15, 0.2) is 98.9 Å². The molecule has 0 spiro atoms. The Bertz CT molecular complexity index is 1540. The predicted molar refractivity (Wildman–Crippen MR) is 162 cm³/mol. The van der Waals surface area contributed by atoms with Gasteiger partial charge in [0.25, 0.3) is 5.22 Å². The van der Waals surface area contributed by atoms with Crippen molar-refractivity contribution in [3.05, 3.63) is 112 Å². The van der Waals surface area contributed by atoms with Gasteiger partial charge in [0, 0.05) is 16.7 Å². The van der Waals surface area contributed by atoms with Crippen molar-refractivity contribution < 1.29 is 4.42 Å². The highest BCUT2D eigenvalue weighted by Gasteiger charge is 2.18. The van der Waals surface area contributed by atoms with Crippen molar-refractivity contribution in [1.29, 1.82) is 0 Å². The van der Waals surface area contributed by atoms with Crippen LogP contribution in [0.4, 0.5) is 5.13 Å². The molecule has 5 aromatic rings. The first-order valence-corrected chi connectivity index (χ1v) is 15.0. The first-order valence-electron chi connectivity index (χ1n) is 13.1. The van der Waals surface area contributed by atoms with Gasteiger partial charge in [-0.3, -0.25) is 0 Å². The van der Waals surface area contributed by atoms with Gasteiger partial charge < -0.3 is 4.42 Å². The fourth-order valence-corrected chi connectivity index (χ4v) is 5.77. The van der Waals surface area contributed by atoms with Gasteiger partial charge in [-0.25, -0.2) is 9.98 Å². The largest absolute Gasteiger partial charge is 0.415 e. The molecule has 39 heavy (non-hydrogen) atoms. The van der Waals surface area contributed by atoms with Crippen molar-refractivity contribution in [2.24, 2.45) is 10.9 Å². The molecule has 0 aliphatic heterocycles. The normalized spacial score (nSPS) is 12.7. The Balaban J connectivity index is 1.32. The first-order chi connectivity index (χ1) is 18.9. The fourth-order valence-electron chi connectivity index (χ4n) is 4.32. The summed E-state index contributed by atoms with van der Waals surface area (Å²) in [5.41, 5.74) is 7.71. The number of nitrogens with zero attached hydrogens (tertiary/aromatic N) is 4. The second-order valence-electron chi connectivity index (χ2n) is 10.1. The number of aromatic nitrogens is 3. The van der Waals surface area contributed by atoms with Gasteiger partial charge in [-0.1, -0.05) is 110 Å². The van der Waals surface area contributed by atoms with Crippen molar-refractivity contribution in [3.8, 4) is 11.3 Å². The lowest BCUT2D eigenvalue weighted by Gasteiger charge is -2.10. The molecule has 0 amide bonds. The Kier molecular flexibility index (Phi) is 8.69. The Morgan fingerprint density at radius 1 is 0.949 bits per heavy atom. The average molecular weight is 553 g/mol. The average Bonchev–Trinajstić information content (AvgIpc) is 3.61. The molecule has 0 aliphatic rings. The standard InChI is InChI=1S/C32H32N4OS2/c1-21(2)17-24-13-15-25(16-14-24)23(4)30-35-36-32(37-30)39-20-29(27-12-8-9-22(3)18-27)34-31-33-28(19-38-31)26-10-6-5-7-11-26/h5-16,18-19,21,23H,17,20H2,1-4H3. The molecule has 2 aromatic heterocycles. The summed E-state index contributed by atoms with van der Waals surface area (Å²) in [6.07, 6.45) is 1.08. The molecule has 1 unspecified atom stereocenters. The number of hydrogen-bond acceptors (Lipinski definition) is 7. The van der Waals surface area contributed by atoms with Gasteiger partial charge in [-0.05, 0) is 42.9 Å². The van der Waals surface area contributed by atoms with Crippen LogP contribution in [0.25, 0.3) is 11.3 Å². The number of thioether (sulfide) groups is 1. The number of benzene rings is 3. The van der Waals surface area contributed by atoms with E-state index < -0.39 is 0 Å². The molecule has 2 heterocycles. The number of aryl methyl sites for hydroxylation is 1. The van der Waals surface area contributed by atoms with Crippen molar-refractivity contribution in [1.82, 2.24) is 15.2 Å². The third kappa shape index (κ3) is 7.11. The van der Waals surface area contributed by atoms with Crippen molar-refractivity contribution in [2.75, 3.05) is 5.75 Å². The van der Waals surface area contributed by atoms with Gasteiger partial charge in [0.15, 0.2) is 0 Å². The van der Waals surface area contributed by atoms with E-state index in [2.05, 4.69) is 104 Å². The van der Waals surface area contributed by atoms with Crippen LogP contribution in [0.3, 0.4) is 0 Å². The Morgan fingerprint density at radius 2 is 1.74 bits per heavy atom. The molecule has 0 fully saturated rings. The predicted octanol–water partition coefficient (Wildman–Crippen LogP) is 8.76. The summed E-state index contributed by atoms with van der Waals surface area (Å²) in [6.45, 7) is 8.67. The molecule has 7 heteroatoms. The lowest BCUT2D eigenvalue weighted by atomic mass is 9.97. The maximum absolute atomic E-state index is 6.09. The summed E-state index contributed by atoms with van der Waals surface area (Å²) >= 11 is 3.04. The van der Waals surface area contributed by atoms with E-state index >= 15 is 0 Å². The molecule has 1 atom stereocenters. The third-order valence-corrected chi connectivity index (χ3v) is 7.96. The molecule has 0 aliphatic carbocycles. The smallest absolute Gasteiger partial charge is 0.276 e. The van der Waals surface area contributed by atoms with E-state index in [0.29, 0.717) is 22.8 Å². The fraction of sp³-hybridized carbons (Fsp3) is 0.250. The van der Waals surface area contributed by atoms with E-state index in [1.165, 1.54) is 28.5 Å². The number of aliphatic imine (C=N–C) groups is 1. The highest BCUT2D eigenvalue weighted by Crippen LogP contribution is 2.30. The first kappa shape index (κ1) is 27.0. The van der Waals surface area contributed by atoms with Crippen molar-refractivity contribution >= 4 is 33.9 Å². The van der Waals surface area contributed by atoms with Gasteiger partial charge in [0.2, 0.25) is 11.0 Å². The zero-order chi connectivity index (χ0) is 27.2. The number of hydrogen-bond donors (Lipinski definition) is 0. The second-order valence-corrected chi connectivity index (χ2v) is 11.8. The second kappa shape index (κ2) is 12.5. The number of rotatable bonds is 10. The van der Waals surface area contributed by atoms with E-state index in [9.17, 15) is 0 Å².